The van der Waals surface area contributed by atoms with E-state index in [-0.39, 0.29) is 5.69 Å². The van der Waals surface area contributed by atoms with Gasteiger partial charge in [-0.1, -0.05) is 36.0 Å². The second-order valence-electron chi connectivity index (χ2n) is 4.77. The molecule has 0 saturated heterocycles. The number of carboxylic acids is 1. The van der Waals surface area contributed by atoms with Gasteiger partial charge in [-0.2, -0.15) is 0 Å². The maximum absolute atomic E-state index is 11.6. The van der Waals surface area contributed by atoms with Gasteiger partial charge in [0.05, 0.1) is 0 Å². The van der Waals surface area contributed by atoms with E-state index < -0.39 is 5.97 Å². The molecule has 0 fully saturated rings. The number of nitrogens with zero attached hydrogens (tertiary/aromatic N) is 3. The molecule has 2 aromatic heterocycles. The van der Waals surface area contributed by atoms with Gasteiger partial charge in [-0.15, -0.1) is 0 Å². The normalized spacial score (nSPS) is 10.8. The summed E-state index contributed by atoms with van der Waals surface area (Å²) in [5, 5.41) is 10.8. The van der Waals surface area contributed by atoms with Crippen molar-refractivity contribution in [2.45, 2.75) is 12.1 Å². The minimum atomic E-state index is -1.07. The lowest BCUT2D eigenvalue weighted by atomic mass is 9.98. The third-order valence-electron chi connectivity index (χ3n) is 3.37. The minimum Gasteiger partial charge on any atom is -0.476 e. The van der Waals surface area contributed by atoms with Crippen LogP contribution in [0.4, 0.5) is 0 Å². The number of carbonyl (C=O) groups is 1. The minimum absolute atomic E-state index is 0.00699. The van der Waals surface area contributed by atoms with Gasteiger partial charge in [-0.3, -0.25) is 0 Å². The van der Waals surface area contributed by atoms with Crippen LogP contribution in [0.25, 0.3) is 22.2 Å². The first kappa shape index (κ1) is 14.5. The molecule has 0 aliphatic heterocycles. The van der Waals surface area contributed by atoms with E-state index in [0.717, 1.165) is 16.5 Å². The summed E-state index contributed by atoms with van der Waals surface area (Å²) in [5.74, 6) is -1.07. The average Bonchev–Trinajstić information content (AvgIpc) is 2.53. The first-order valence-electron chi connectivity index (χ1n) is 6.61. The Bertz CT molecular complexity index is 880. The van der Waals surface area contributed by atoms with Gasteiger partial charge in [0.1, 0.15) is 0 Å². The maximum atomic E-state index is 11.6. The number of rotatable bonds is 3. The molecule has 1 N–H and O–H groups in total. The van der Waals surface area contributed by atoms with Gasteiger partial charge in [0.2, 0.25) is 0 Å². The predicted molar refractivity (Wildman–Crippen MR) is 86.2 cm³/mol. The van der Waals surface area contributed by atoms with E-state index in [2.05, 4.69) is 15.0 Å². The molecule has 0 atom stereocenters. The number of hydrogen-bond acceptors (Lipinski definition) is 5. The number of pyridine rings is 1. The smallest absolute Gasteiger partial charge is 0.355 e. The number of aromatic carboxylic acids is 1. The Morgan fingerprint density at radius 3 is 2.64 bits per heavy atom. The van der Waals surface area contributed by atoms with Crippen molar-refractivity contribution in [3.05, 3.63) is 47.8 Å². The molecule has 6 heteroatoms. The molecule has 5 nitrogen and oxygen atoms in total. The lowest BCUT2D eigenvalue weighted by Crippen LogP contribution is -2.05. The second kappa shape index (κ2) is 5.73. The quantitative estimate of drug-likeness (QED) is 0.590. The highest BCUT2D eigenvalue weighted by Crippen LogP contribution is 2.29. The summed E-state index contributed by atoms with van der Waals surface area (Å²) in [5.41, 5.74) is 2.83. The molecule has 1 aromatic carbocycles. The highest BCUT2D eigenvalue weighted by molar-refractivity contribution is 7.98. The van der Waals surface area contributed by atoms with Crippen molar-refractivity contribution in [2.75, 3.05) is 6.26 Å². The first-order valence-corrected chi connectivity index (χ1v) is 7.83. The molecule has 0 unspecified atom stereocenters. The van der Waals surface area contributed by atoms with Crippen LogP contribution in [-0.4, -0.2) is 32.3 Å². The summed E-state index contributed by atoms with van der Waals surface area (Å²) in [6.45, 7) is 1.94. The van der Waals surface area contributed by atoms with Crippen LogP contribution in [0.2, 0.25) is 0 Å². The molecule has 0 spiro atoms. The van der Waals surface area contributed by atoms with Crippen LogP contribution in [0.3, 0.4) is 0 Å². The van der Waals surface area contributed by atoms with Crippen molar-refractivity contribution in [1.29, 1.82) is 0 Å². The van der Waals surface area contributed by atoms with E-state index in [1.54, 1.807) is 12.3 Å². The van der Waals surface area contributed by atoms with Crippen molar-refractivity contribution in [1.82, 2.24) is 15.0 Å². The molecular formula is C16H13N3O2S. The summed E-state index contributed by atoms with van der Waals surface area (Å²) in [6, 6.07) is 9.42. The molecule has 0 saturated carbocycles. The number of carboxylic acid groups (broad SMARTS) is 1. The lowest BCUT2D eigenvalue weighted by Gasteiger charge is -2.10. The molecule has 2 heterocycles. The number of aromatic nitrogens is 3. The van der Waals surface area contributed by atoms with Crippen LogP contribution in [-0.2, 0) is 0 Å². The van der Waals surface area contributed by atoms with Gasteiger partial charge in [-0.25, -0.2) is 19.7 Å². The summed E-state index contributed by atoms with van der Waals surface area (Å²) in [6.07, 6.45) is 3.54. The third kappa shape index (κ3) is 2.53. The van der Waals surface area contributed by atoms with E-state index in [1.807, 2.05) is 37.4 Å². The molecular weight excluding hydrogens is 298 g/mol. The SMILES string of the molecule is CSc1ncc2cc(-c3ccccc3C)c(C(=O)O)nc2n1. The summed E-state index contributed by atoms with van der Waals surface area (Å²) in [4.78, 5) is 24.3. The Morgan fingerprint density at radius 1 is 1.18 bits per heavy atom. The predicted octanol–water partition coefficient (Wildman–Crippen LogP) is 3.42. The topological polar surface area (TPSA) is 76.0 Å². The zero-order valence-electron chi connectivity index (χ0n) is 12.1. The largest absolute Gasteiger partial charge is 0.476 e. The van der Waals surface area contributed by atoms with E-state index in [1.165, 1.54) is 11.8 Å². The molecule has 3 rings (SSSR count). The molecule has 110 valence electrons. The van der Waals surface area contributed by atoms with Crippen LogP contribution >= 0.6 is 11.8 Å². The molecule has 22 heavy (non-hydrogen) atoms. The second-order valence-corrected chi connectivity index (χ2v) is 5.55. The highest BCUT2D eigenvalue weighted by atomic mass is 32.2. The van der Waals surface area contributed by atoms with Crippen LogP contribution in [0.5, 0.6) is 0 Å². The fraction of sp³-hybridized carbons (Fsp3) is 0.125. The van der Waals surface area contributed by atoms with Crippen molar-refractivity contribution in [2.24, 2.45) is 0 Å². The Kier molecular flexibility index (Phi) is 3.77. The Hall–Kier alpha value is -2.47. The van der Waals surface area contributed by atoms with Gasteiger partial charge in [0.25, 0.3) is 0 Å². The van der Waals surface area contributed by atoms with Crippen molar-refractivity contribution < 1.29 is 9.90 Å². The molecule has 0 amide bonds. The number of hydrogen-bond donors (Lipinski definition) is 1. The Balaban J connectivity index is 2.31. The summed E-state index contributed by atoms with van der Waals surface area (Å²) >= 11 is 1.39. The highest BCUT2D eigenvalue weighted by Gasteiger charge is 2.17. The maximum Gasteiger partial charge on any atom is 0.355 e. The first-order chi connectivity index (χ1) is 10.6. The monoisotopic (exact) mass is 311 g/mol. The summed E-state index contributed by atoms with van der Waals surface area (Å²) < 4.78 is 0. The van der Waals surface area contributed by atoms with Crippen molar-refractivity contribution in [3.8, 4) is 11.1 Å². The number of fused-ring (bicyclic) bond motifs is 1. The Labute approximate surface area is 131 Å². The summed E-state index contributed by atoms with van der Waals surface area (Å²) in [7, 11) is 0. The average molecular weight is 311 g/mol. The zero-order valence-corrected chi connectivity index (χ0v) is 12.9. The molecule has 0 aliphatic rings. The van der Waals surface area contributed by atoms with E-state index in [9.17, 15) is 9.90 Å². The van der Waals surface area contributed by atoms with Crippen molar-refractivity contribution >= 4 is 28.8 Å². The molecule has 3 aromatic rings. The van der Waals surface area contributed by atoms with Crippen LogP contribution in [0.1, 0.15) is 16.1 Å². The van der Waals surface area contributed by atoms with Crippen LogP contribution in [0.15, 0.2) is 41.7 Å². The van der Waals surface area contributed by atoms with E-state index in [0.29, 0.717) is 16.4 Å². The van der Waals surface area contributed by atoms with Gasteiger partial charge < -0.3 is 5.11 Å². The fourth-order valence-corrected chi connectivity index (χ4v) is 2.63. The molecule has 0 bridgehead atoms. The van der Waals surface area contributed by atoms with Gasteiger partial charge in [0, 0.05) is 17.1 Å². The molecule has 0 radical (unpaired) electrons. The Morgan fingerprint density at radius 2 is 1.95 bits per heavy atom. The van der Waals surface area contributed by atoms with E-state index >= 15 is 0 Å². The third-order valence-corrected chi connectivity index (χ3v) is 3.93. The lowest BCUT2D eigenvalue weighted by molar-refractivity contribution is 0.0692. The van der Waals surface area contributed by atoms with E-state index in [4.69, 9.17) is 0 Å². The van der Waals surface area contributed by atoms with Gasteiger partial charge >= 0.3 is 5.97 Å². The van der Waals surface area contributed by atoms with Crippen LogP contribution < -0.4 is 0 Å². The standard InChI is InChI=1S/C16H13N3O2S/c1-9-5-3-4-6-11(9)12-7-10-8-17-16(22-2)19-14(10)18-13(12)15(20)21/h3-8H,1-2H3,(H,20,21). The van der Waals surface area contributed by atoms with Crippen LogP contribution in [0, 0.1) is 6.92 Å². The molecule has 0 aliphatic carbocycles. The number of benzene rings is 1. The van der Waals surface area contributed by atoms with Crippen molar-refractivity contribution in [3.63, 3.8) is 0 Å². The zero-order chi connectivity index (χ0) is 15.7. The van der Waals surface area contributed by atoms with Gasteiger partial charge in [-0.05, 0) is 30.4 Å². The fourth-order valence-electron chi connectivity index (χ4n) is 2.29. The number of aryl methyl sites for hydroxylation is 1. The number of thioether (sulfide) groups is 1. The van der Waals surface area contributed by atoms with Gasteiger partial charge in [0.15, 0.2) is 16.5 Å².